The van der Waals surface area contributed by atoms with E-state index in [0.29, 0.717) is 23.4 Å². The fourth-order valence-electron chi connectivity index (χ4n) is 4.17. The van der Waals surface area contributed by atoms with E-state index in [2.05, 4.69) is 25.6 Å². The lowest BCUT2D eigenvalue weighted by Gasteiger charge is -2.38. The van der Waals surface area contributed by atoms with Crippen molar-refractivity contribution in [3.63, 3.8) is 0 Å². The van der Waals surface area contributed by atoms with Crippen LogP contribution in [0.2, 0.25) is 0 Å². The summed E-state index contributed by atoms with van der Waals surface area (Å²) in [4.78, 5) is 24.8. The van der Waals surface area contributed by atoms with Gasteiger partial charge in [-0.05, 0) is 19.3 Å². The van der Waals surface area contributed by atoms with E-state index in [0.717, 1.165) is 12.8 Å². The lowest BCUT2D eigenvalue weighted by atomic mass is 9.98. The van der Waals surface area contributed by atoms with Gasteiger partial charge in [0.15, 0.2) is 29.3 Å². The monoisotopic (exact) mass is 462 g/mol. The molecule has 13 nitrogen and oxygen atoms in total. The summed E-state index contributed by atoms with van der Waals surface area (Å²) in [6, 6.07) is 0.199. The number of nitrogens with one attached hydrogen (secondary N) is 2. The van der Waals surface area contributed by atoms with Crippen molar-refractivity contribution in [1.82, 2.24) is 19.5 Å². The molecule has 2 aliphatic carbocycles. The zero-order valence-corrected chi connectivity index (χ0v) is 17.5. The molecule has 0 bridgehead atoms. The van der Waals surface area contributed by atoms with Crippen molar-refractivity contribution in [2.45, 2.75) is 62.0 Å². The van der Waals surface area contributed by atoms with Crippen LogP contribution in [0, 0.1) is 5.92 Å². The molecule has 7 atom stereocenters. The van der Waals surface area contributed by atoms with Gasteiger partial charge in [-0.1, -0.05) is 12.2 Å². The molecule has 5 rings (SSSR count). The minimum Gasteiger partial charge on any atom is -0.479 e. The summed E-state index contributed by atoms with van der Waals surface area (Å²) in [5, 5.41) is 55.1. The van der Waals surface area contributed by atoms with Crippen molar-refractivity contribution < 1.29 is 35.1 Å². The Bertz CT molecular complexity index is 1070. The number of aliphatic hydroxyl groups excluding tert-OH is 4. The molecule has 3 heterocycles. The maximum absolute atomic E-state index is 11.4. The summed E-state index contributed by atoms with van der Waals surface area (Å²) < 4.78 is 7.16. The van der Waals surface area contributed by atoms with E-state index in [4.69, 9.17) is 4.74 Å². The number of anilines is 2. The van der Waals surface area contributed by atoms with E-state index < -0.39 is 36.6 Å². The molecule has 0 aromatic carbocycles. The van der Waals surface area contributed by atoms with Gasteiger partial charge in [0, 0.05) is 18.6 Å². The summed E-state index contributed by atoms with van der Waals surface area (Å²) in [7, 11) is 0. The fourth-order valence-corrected chi connectivity index (χ4v) is 4.17. The van der Waals surface area contributed by atoms with Gasteiger partial charge < -0.3 is 45.5 Å². The van der Waals surface area contributed by atoms with Gasteiger partial charge >= 0.3 is 5.97 Å². The maximum Gasteiger partial charge on any atom is 0.335 e. The average molecular weight is 462 g/mol. The lowest BCUT2D eigenvalue weighted by molar-refractivity contribution is -0.221. The number of carboxylic acid groups (broad SMARTS) is 1. The minimum absolute atomic E-state index is 0.0323. The van der Waals surface area contributed by atoms with Crippen molar-refractivity contribution in [3.8, 4) is 0 Å². The van der Waals surface area contributed by atoms with Crippen LogP contribution in [0.25, 0.3) is 11.2 Å². The van der Waals surface area contributed by atoms with Gasteiger partial charge in [-0.25, -0.2) is 9.78 Å². The molecule has 5 unspecified atom stereocenters. The number of allylic oxidation sites excluding steroid dienone is 1. The largest absolute Gasteiger partial charge is 0.479 e. The van der Waals surface area contributed by atoms with Crippen LogP contribution >= 0.6 is 0 Å². The van der Waals surface area contributed by atoms with Gasteiger partial charge in [-0.15, -0.1) is 0 Å². The molecule has 7 N–H and O–H groups in total. The van der Waals surface area contributed by atoms with Crippen molar-refractivity contribution in [2.24, 2.45) is 5.92 Å². The quantitative estimate of drug-likeness (QED) is 0.244. The van der Waals surface area contributed by atoms with Crippen LogP contribution in [0.15, 0.2) is 18.5 Å². The zero-order valence-electron chi connectivity index (χ0n) is 17.5. The summed E-state index contributed by atoms with van der Waals surface area (Å²) in [6.45, 7) is 0.0474. The number of ether oxygens (including phenoxy) is 1. The Kier molecular flexibility index (Phi) is 5.66. The Morgan fingerprint density at radius 3 is 2.58 bits per heavy atom. The van der Waals surface area contributed by atoms with E-state index in [-0.39, 0.29) is 30.6 Å². The molecule has 13 heteroatoms. The summed E-state index contributed by atoms with van der Waals surface area (Å²) in [5.74, 6) is -0.921. The van der Waals surface area contributed by atoms with Gasteiger partial charge in [0.1, 0.15) is 18.3 Å². The van der Waals surface area contributed by atoms with Gasteiger partial charge in [0.2, 0.25) is 5.95 Å². The first-order valence-corrected chi connectivity index (χ1v) is 10.8. The molecular weight excluding hydrogens is 436 g/mol. The molecule has 0 radical (unpaired) electrons. The zero-order chi connectivity index (χ0) is 23.3. The molecule has 0 spiro atoms. The number of carbonyl (C=O) groups is 1. The Balaban J connectivity index is 1.48. The Labute approximate surface area is 187 Å². The summed E-state index contributed by atoms with van der Waals surface area (Å²) in [6.07, 6.45) is -0.00783. The molecule has 2 fully saturated rings. The van der Waals surface area contributed by atoms with Crippen molar-refractivity contribution in [1.29, 1.82) is 0 Å². The smallest absolute Gasteiger partial charge is 0.335 e. The molecule has 33 heavy (non-hydrogen) atoms. The molecule has 1 aliphatic heterocycles. The van der Waals surface area contributed by atoms with Crippen LogP contribution in [0.5, 0.6) is 0 Å². The van der Waals surface area contributed by atoms with Crippen molar-refractivity contribution in [2.75, 3.05) is 17.2 Å². The molecule has 3 aliphatic rings. The van der Waals surface area contributed by atoms with Gasteiger partial charge in [0.05, 0.1) is 12.4 Å². The summed E-state index contributed by atoms with van der Waals surface area (Å²) in [5.41, 5.74) is 1.06. The van der Waals surface area contributed by atoms with Crippen LogP contribution in [0.4, 0.5) is 11.8 Å². The Hall–Kier alpha value is -2.84. The number of imidazole rings is 1. The number of carboxylic acids is 1. The molecule has 2 aromatic rings. The van der Waals surface area contributed by atoms with Crippen LogP contribution in [-0.4, -0.2) is 94.3 Å². The highest BCUT2D eigenvalue weighted by Crippen LogP contribution is 2.33. The van der Waals surface area contributed by atoms with Crippen LogP contribution in [0.1, 0.15) is 25.3 Å². The standard InChI is InChI=1S/C20H26N6O7/c27-6-8-1-4-10(5-8)26-7-21-11-16(22-9-2-3-9)23-20(24-17(11)26)25-18-14(30)12(28)13(29)15(33-18)19(31)32/h1,4,7-10,12-15,18,27-30H,2-3,5-6H2,(H,31,32)(H2,22,23,24,25)/t8-,10+,12?,13?,14?,15?,18?/m1/s1. The topological polar surface area (TPSA) is 195 Å². The van der Waals surface area contributed by atoms with Gasteiger partial charge in [-0.2, -0.15) is 9.97 Å². The molecule has 0 amide bonds. The first kappa shape index (κ1) is 22.0. The minimum atomic E-state index is -1.79. The first-order valence-electron chi connectivity index (χ1n) is 10.8. The van der Waals surface area contributed by atoms with Crippen LogP contribution in [-0.2, 0) is 9.53 Å². The van der Waals surface area contributed by atoms with E-state index in [9.17, 15) is 30.3 Å². The molecular formula is C20H26N6O7. The number of rotatable bonds is 7. The van der Waals surface area contributed by atoms with Crippen molar-refractivity contribution in [3.05, 3.63) is 18.5 Å². The number of nitrogens with zero attached hydrogens (tertiary/aromatic N) is 4. The maximum atomic E-state index is 11.4. The van der Waals surface area contributed by atoms with Gasteiger partial charge in [-0.3, -0.25) is 0 Å². The van der Waals surface area contributed by atoms with E-state index in [1.54, 1.807) is 6.33 Å². The predicted octanol–water partition coefficient (Wildman–Crippen LogP) is -1.19. The third-order valence-electron chi connectivity index (χ3n) is 6.21. The predicted molar refractivity (Wildman–Crippen MR) is 113 cm³/mol. The normalized spacial score (nSPS) is 34.0. The third-order valence-corrected chi connectivity index (χ3v) is 6.21. The van der Waals surface area contributed by atoms with E-state index in [1.807, 2.05) is 16.7 Å². The average Bonchev–Trinajstić information content (AvgIpc) is 3.30. The SMILES string of the molecule is O=C(O)C1OC(Nc2nc(NC3CC3)c3ncn([C@H]4C=C[C@@H](CO)C4)c3n2)C(O)C(O)C1O. The number of aromatic nitrogens is 4. The molecule has 1 saturated heterocycles. The van der Waals surface area contributed by atoms with E-state index >= 15 is 0 Å². The Morgan fingerprint density at radius 2 is 1.91 bits per heavy atom. The highest BCUT2D eigenvalue weighted by Gasteiger charge is 2.47. The highest BCUT2D eigenvalue weighted by atomic mass is 16.6. The first-order chi connectivity index (χ1) is 15.9. The Morgan fingerprint density at radius 1 is 1.12 bits per heavy atom. The fraction of sp³-hybridized carbons (Fsp3) is 0.600. The molecule has 1 saturated carbocycles. The second-order valence-electron chi connectivity index (χ2n) is 8.70. The second kappa shape index (κ2) is 8.50. The summed E-state index contributed by atoms with van der Waals surface area (Å²) >= 11 is 0. The lowest BCUT2D eigenvalue weighted by Crippen LogP contribution is -2.61. The van der Waals surface area contributed by atoms with Crippen molar-refractivity contribution >= 4 is 28.9 Å². The van der Waals surface area contributed by atoms with E-state index in [1.165, 1.54) is 0 Å². The number of aliphatic carboxylic acids is 1. The number of fused-ring (bicyclic) bond motifs is 1. The molecule has 178 valence electrons. The number of hydrogen-bond acceptors (Lipinski definition) is 11. The van der Waals surface area contributed by atoms with Crippen LogP contribution in [0.3, 0.4) is 0 Å². The van der Waals surface area contributed by atoms with Crippen LogP contribution < -0.4 is 10.6 Å². The molecule has 2 aromatic heterocycles. The highest BCUT2D eigenvalue weighted by molar-refractivity contribution is 5.84. The number of aliphatic hydroxyl groups is 4. The second-order valence-corrected chi connectivity index (χ2v) is 8.70. The van der Waals surface area contributed by atoms with Gasteiger partial charge in [0.25, 0.3) is 0 Å². The third kappa shape index (κ3) is 4.13. The number of hydrogen-bond donors (Lipinski definition) is 7.